The van der Waals surface area contributed by atoms with E-state index in [0.717, 1.165) is 80.8 Å². The Morgan fingerprint density at radius 1 is 1.33 bits per heavy atom. The molecule has 24 heavy (non-hydrogen) atoms. The van der Waals surface area contributed by atoms with E-state index in [1.54, 1.807) is 0 Å². The predicted octanol–water partition coefficient (Wildman–Crippen LogP) is 0.408. The van der Waals surface area contributed by atoms with Crippen molar-refractivity contribution in [3.8, 4) is 0 Å². The second kappa shape index (κ2) is 8.09. The van der Waals surface area contributed by atoms with E-state index in [1.807, 2.05) is 0 Å². The molecule has 1 saturated heterocycles. The number of unbranched alkanes of at least 4 members (excludes halogenated alkanes) is 1. The lowest BCUT2D eigenvalue weighted by Crippen LogP contribution is -2.42. The van der Waals surface area contributed by atoms with Gasteiger partial charge in [0.25, 0.3) is 5.56 Å². The highest BCUT2D eigenvalue weighted by Gasteiger charge is 2.21. The molecule has 1 fully saturated rings. The van der Waals surface area contributed by atoms with Crippen LogP contribution in [0.2, 0.25) is 0 Å². The minimum Gasteiger partial charge on any atom is -0.379 e. The number of nitrogens with one attached hydrogen (secondary N) is 1. The molecule has 7 heteroatoms. The highest BCUT2D eigenvalue weighted by Crippen LogP contribution is 2.14. The molecule has 1 unspecified atom stereocenters. The van der Waals surface area contributed by atoms with Gasteiger partial charge in [0, 0.05) is 45.5 Å². The van der Waals surface area contributed by atoms with Gasteiger partial charge in [0.1, 0.15) is 0 Å². The minimum atomic E-state index is -0.323. The number of hydrogen-bond donors (Lipinski definition) is 1. The van der Waals surface area contributed by atoms with Gasteiger partial charge in [-0.3, -0.25) is 14.3 Å². The van der Waals surface area contributed by atoms with Gasteiger partial charge in [-0.25, -0.2) is 4.79 Å². The van der Waals surface area contributed by atoms with Gasteiger partial charge in [-0.2, -0.15) is 0 Å². The number of hydrogen-bond acceptors (Lipinski definition) is 5. The topological polar surface area (TPSA) is 76.6 Å². The molecule has 0 aromatic carbocycles. The van der Waals surface area contributed by atoms with Crippen molar-refractivity contribution in [1.82, 2.24) is 14.5 Å². The number of H-pyrrole nitrogens is 1. The van der Waals surface area contributed by atoms with Gasteiger partial charge in [0.15, 0.2) is 0 Å². The zero-order valence-electron chi connectivity index (χ0n) is 14.4. The van der Waals surface area contributed by atoms with Crippen molar-refractivity contribution < 1.29 is 9.47 Å². The van der Waals surface area contributed by atoms with Gasteiger partial charge < -0.3 is 14.5 Å². The van der Waals surface area contributed by atoms with E-state index >= 15 is 0 Å². The molecule has 134 valence electrons. The molecule has 1 N–H and O–H groups in total. The van der Waals surface area contributed by atoms with Gasteiger partial charge in [0.2, 0.25) is 0 Å². The third-order valence-corrected chi connectivity index (χ3v) is 4.89. The summed E-state index contributed by atoms with van der Waals surface area (Å²) in [6, 6.07) is 0. The van der Waals surface area contributed by atoms with E-state index in [0.29, 0.717) is 6.54 Å². The Hall–Kier alpha value is -1.44. The SMILES string of the molecule is Cn1c(=O)[nH]c2c(c1=O)CN(CCCCOC1CCCOC1)CC2. The standard InChI is InChI=1S/C17H27N3O4/c1-19-16(21)14-11-20(8-6-15(14)18-17(19)22)7-2-3-10-24-13-5-4-9-23-12-13/h13H,2-12H2,1H3,(H,18,22). The molecule has 1 atom stereocenters. The zero-order chi connectivity index (χ0) is 16.9. The Labute approximate surface area is 141 Å². The molecular weight excluding hydrogens is 310 g/mol. The van der Waals surface area contributed by atoms with Crippen LogP contribution in [0.25, 0.3) is 0 Å². The lowest BCUT2D eigenvalue weighted by molar-refractivity contribution is -0.0509. The first-order chi connectivity index (χ1) is 11.6. The van der Waals surface area contributed by atoms with Crippen molar-refractivity contribution in [2.24, 2.45) is 7.05 Å². The highest BCUT2D eigenvalue weighted by atomic mass is 16.5. The molecule has 0 aliphatic carbocycles. The van der Waals surface area contributed by atoms with Crippen molar-refractivity contribution in [3.63, 3.8) is 0 Å². The van der Waals surface area contributed by atoms with Gasteiger partial charge >= 0.3 is 5.69 Å². The van der Waals surface area contributed by atoms with Gasteiger partial charge in [-0.1, -0.05) is 0 Å². The zero-order valence-corrected chi connectivity index (χ0v) is 14.4. The monoisotopic (exact) mass is 337 g/mol. The number of nitrogens with zero attached hydrogens (tertiary/aromatic N) is 2. The fourth-order valence-electron chi connectivity index (χ4n) is 3.38. The molecule has 7 nitrogen and oxygen atoms in total. The second-order valence-corrected chi connectivity index (χ2v) is 6.69. The largest absolute Gasteiger partial charge is 0.379 e. The van der Waals surface area contributed by atoms with Crippen LogP contribution in [0, 0.1) is 0 Å². The molecule has 1 aromatic rings. The van der Waals surface area contributed by atoms with Crippen LogP contribution in [0.15, 0.2) is 9.59 Å². The van der Waals surface area contributed by atoms with Crippen LogP contribution in [-0.4, -0.2) is 53.5 Å². The maximum atomic E-state index is 12.2. The van der Waals surface area contributed by atoms with Crippen molar-refractivity contribution in [2.75, 3.05) is 32.9 Å². The third-order valence-electron chi connectivity index (χ3n) is 4.89. The Morgan fingerprint density at radius 2 is 2.21 bits per heavy atom. The number of rotatable bonds is 6. The summed E-state index contributed by atoms with van der Waals surface area (Å²) >= 11 is 0. The molecule has 2 aliphatic heterocycles. The van der Waals surface area contributed by atoms with Crippen LogP contribution < -0.4 is 11.2 Å². The first-order valence-electron chi connectivity index (χ1n) is 8.88. The van der Waals surface area contributed by atoms with E-state index < -0.39 is 0 Å². The number of aromatic amines is 1. The van der Waals surface area contributed by atoms with Crippen molar-refractivity contribution in [1.29, 1.82) is 0 Å². The molecule has 1 aromatic heterocycles. The highest BCUT2D eigenvalue weighted by molar-refractivity contribution is 5.19. The van der Waals surface area contributed by atoms with Crippen LogP contribution in [-0.2, 0) is 29.5 Å². The molecule has 0 spiro atoms. The first kappa shape index (κ1) is 17.4. The summed E-state index contributed by atoms with van der Waals surface area (Å²) in [7, 11) is 1.52. The lowest BCUT2D eigenvalue weighted by Gasteiger charge is -2.28. The van der Waals surface area contributed by atoms with Gasteiger partial charge in [-0.15, -0.1) is 0 Å². The molecule has 0 amide bonds. The Balaban J connectivity index is 1.42. The van der Waals surface area contributed by atoms with E-state index in [1.165, 1.54) is 7.05 Å². The average molecular weight is 337 g/mol. The summed E-state index contributed by atoms with van der Waals surface area (Å²) in [6.07, 6.45) is 5.26. The van der Waals surface area contributed by atoms with E-state index in [4.69, 9.17) is 9.47 Å². The number of fused-ring (bicyclic) bond motifs is 1. The first-order valence-corrected chi connectivity index (χ1v) is 8.88. The van der Waals surface area contributed by atoms with Crippen LogP contribution in [0.1, 0.15) is 36.9 Å². The molecule has 3 rings (SSSR count). The lowest BCUT2D eigenvalue weighted by atomic mass is 10.1. The van der Waals surface area contributed by atoms with E-state index in [-0.39, 0.29) is 17.4 Å². The van der Waals surface area contributed by atoms with Crippen LogP contribution in [0.4, 0.5) is 0 Å². The summed E-state index contributed by atoms with van der Waals surface area (Å²) in [5.41, 5.74) is 1.05. The van der Waals surface area contributed by atoms with E-state index in [9.17, 15) is 9.59 Å². The molecule has 0 radical (unpaired) electrons. The van der Waals surface area contributed by atoms with Gasteiger partial charge in [-0.05, 0) is 32.2 Å². The van der Waals surface area contributed by atoms with Crippen molar-refractivity contribution in [3.05, 3.63) is 32.1 Å². The smallest absolute Gasteiger partial charge is 0.328 e. The quantitative estimate of drug-likeness (QED) is 0.761. The Morgan fingerprint density at radius 3 is 3.00 bits per heavy atom. The normalized spacial score (nSPS) is 21.6. The fraction of sp³-hybridized carbons (Fsp3) is 0.765. The van der Waals surface area contributed by atoms with Crippen LogP contribution in [0.5, 0.6) is 0 Å². The fourth-order valence-corrected chi connectivity index (χ4v) is 3.38. The summed E-state index contributed by atoms with van der Waals surface area (Å²) in [5.74, 6) is 0. The maximum Gasteiger partial charge on any atom is 0.328 e. The number of ether oxygens (including phenoxy) is 2. The third kappa shape index (κ3) is 4.15. The predicted molar refractivity (Wildman–Crippen MR) is 90.3 cm³/mol. The molecule has 0 bridgehead atoms. The van der Waals surface area contributed by atoms with Gasteiger partial charge in [0.05, 0.1) is 18.3 Å². The number of aromatic nitrogens is 2. The summed E-state index contributed by atoms with van der Waals surface area (Å²) in [5, 5.41) is 0. The Kier molecular flexibility index (Phi) is 5.86. The van der Waals surface area contributed by atoms with Crippen molar-refractivity contribution >= 4 is 0 Å². The molecule has 0 saturated carbocycles. The van der Waals surface area contributed by atoms with Crippen molar-refractivity contribution in [2.45, 2.75) is 44.8 Å². The van der Waals surface area contributed by atoms with Crippen LogP contribution in [0.3, 0.4) is 0 Å². The molecule has 2 aliphatic rings. The summed E-state index contributed by atoms with van der Waals surface area (Å²) < 4.78 is 12.4. The molecule has 3 heterocycles. The van der Waals surface area contributed by atoms with Crippen LogP contribution >= 0.6 is 0 Å². The Bertz CT molecular complexity index is 661. The summed E-state index contributed by atoms with van der Waals surface area (Å²) in [4.78, 5) is 29.0. The minimum absolute atomic E-state index is 0.168. The summed E-state index contributed by atoms with van der Waals surface area (Å²) in [6.45, 7) is 4.81. The molecular formula is C17H27N3O4. The second-order valence-electron chi connectivity index (χ2n) is 6.69. The maximum absolute atomic E-state index is 12.2. The van der Waals surface area contributed by atoms with E-state index in [2.05, 4.69) is 9.88 Å². The average Bonchev–Trinajstić information content (AvgIpc) is 2.61.